The van der Waals surface area contributed by atoms with E-state index in [4.69, 9.17) is 0 Å². The number of imide groups is 1. The van der Waals surface area contributed by atoms with E-state index in [2.05, 4.69) is 5.32 Å². The molecule has 142 valence electrons. The number of nitrogens with one attached hydrogen (secondary N) is 1. The van der Waals surface area contributed by atoms with Crippen molar-refractivity contribution >= 4 is 28.4 Å². The molecule has 0 saturated carbocycles. The molecule has 1 saturated heterocycles. The zero-order valence-corrected chi connectivity index (χ0v) is 14.7. The van der Waals surface area contributed by atoms with Gasteiger partial charge in [-0.25, -0.2) is 4.79 Å². The number of aromatic nitrogens is 2. The maximum absolute atomic E-state index is 14.2. The van der Waals surface area contributed by atoms with Gasteiger partial charge in [0.2, 0.25) is 11.8 Å². The van der Waals surface area contributed by atoms with Crippen LogP contribution in [0.15, 0.2) is 29.1 Å². The molecular formula is C18H18F2N4O3. The first-order chi connectivity index (χ1) is 12.8. The lowest BCUT2D eigenvalue weighted by molar-refractivity contribution is -0.131. The molecule has 2 amide bonds. The molecule has 0 unspecified atom stereocenters. The molecule has 1 aromatic heterocycles. The van der Waals surface area contributed by atoms with Gasteiger partial charge in [0.25, 0.3) is 5.92 Å². The number of amides is 2. The third-order valence-electron chi connectivity index (χ3n) is 4.99. The molecule has 0 bridgehead atoms. The average Bonchev–Trinajstić information content (AvgIpc) is 2.86. The van der Waals surface area contributed by atoms with Gasteiger partial charge >= 0.3 is 5.69 Å². The minimum atomic E-state index is -3.02. The smallest absolute Gasteiger partial charge is 0.307 e. The van der Waals surface area contributed by atoms with E-state index in [1.165, 1.54) is 35.9 Å². The van der Waals surface area contributed by atoms with Crippen LogP contribution in [0, 0.1) is 0 Å². The summed E-state index contributed by atoms with van der Waals surface area (Å²) in [5.74, 6) is -3.92. The van der Waals surface area contributed by atoms with Crippen LogP contribution in [0.3, 0.4) is 0 Å². The fourth-order valence-corrected chi connectivity index (χ4v) is 3.62. The first-order valence-electron chi connectivity index (χ1n) is 8.68. The van der Waals surface area contributed by atoms with Crippen molar-refractivity contribution in [2.24, 2.45) is 7.05 Å². The van der Waals surface area contributed by atoms with Gasteiger partial charge in [-0.2, -0.15) is 18.5 Å². The Hall–Kier alpha value is -2.81. The average molecular weight is 376 g/mol. The minimum Gasteiger partial charge on any atom is -0.307 e. The molecule has 1 fully saturated rings. The second-order valence-electron chi connectivity index (χ2n) is 6.76. The highest BCUT2D eigenvalue weighted by molar-refractivity contribution is 6.11. The number of hydrogen-bond acceptors (Lipinski definition) is 4. The van der Waals surface area contributed by atoms with Crippen LogP contribution in [-0.4, -0.2) is 40.1 Å². The number of alkyl halides is 2. The van der Waals surface area contributed by atoms with Crippen LogP contribution in [0.1, 0.15) is 24.8 Å². The van der Waals surface area contributed by atoms with Gasteiger partial charge in [0, 0.05) is 32.0 Å². The number of aryl methyl sites for hydroxylation is 1. The molecule has 0 spiro atoms. The number of hydrogen-bond donors (Lipinski definition) is 1. The number of fused-ring (bicyclic) bond motifs is 1. The van der Waals surface area contributed by atoms with Gasteiger partial charge in [-0.05, 0) is 24.1 Å². The summed E-state index contributed by atoms with van der Waals surface area (Å²) < 4.78 is 30.8. The highest BCUT2D eigenvalue weighted by Gasteiger charge is 2.37. The van der Waals surface area contributed by atoms with Gasteiger partial charge in [0.05, 0.1) is 17.6 Å². The summed E-state index contributed by atoms with van der Waals surface area (Å²) in [6.07, 6.45) is 2.24. The normalized spacial score (nSPS) is 20.3. The lowest BCUT2D eigenvalue weighted by Gasteiger charge is -2.26. The van der Waals surface area contributed by atoms with Crippen molar-refractivity contribution in [1.82, 2.24) is 14.6 Å². The predicted molar refractivity (Wildman–Crippen MR) is 95.1 cm³/mol. The number of carbonyl (C=O) groups is 2. The first-order valence-corrected chi connectivity index (χ1v) is 8.68. The SMILES string of the molecule is Cn1c(=O)n(N2C(=O)CCCC2=O)c2ccc(C3=CCNCC3(F)F)cc21. The van der Waals surface area contributed by atoms with Crippen molar-refractivity contribution < 1.29 is 18.4 Å². The van der Waals surface area contributed by atoms with Crippen molar-refractivity contribution in [3.8, 4) is 0 Å². The number of halogens is 2. The van der Waals surface area contributed by atoms with Gasteiger partial charge < -0.3 is 5.32 Å². The van der Waals surface area contributed by atoms with Crippen LogP contribution in [0.5, 0.6) is 0 Å². The maximum atomic E-state index is 14.2. The van der Waals surface area contributed by atoms with E-state index >= 15 is 0 Å². The van der Waals surface area contributed by atoms with Crippen LogP contribution in [0.4, 0.5) is 8.78 Å². The van der Waals surface area contributed by atoms with Gasteiger partial charge in [-0.1, -0.05) is 12.1 Å². The Balaban J connectivity index is 1.89. The summed E-state index contributed by atoms with van der Waals surface area (Å²) in [6, 6.07) is 4.49. The molecule has 0 aliphatic carbocycles. The van der Waals surface area contributed by atoms with E-state index in [1.54, 1.807) is 0 Å². The fourth-order valence-electron chi connectivity index (χ4n) is 3.62. The molecule has 4 rings (SSSR count). The summed E-state index contributed by atoms with van der Waals surface area (Å²) >= 11 is 0. The molecule has 1 N–H and O–H groups in total. The van der Waals surface area contributed by atoms with Crippen LogP contribution in [0.25, 0.3) is 16.6 Å². The van der Waals surface area contributed by atoms with Crippen molar-refractivity contribution in [2.75, 3.05) is 18.1 Å². The molecule has 2 aliphatic rings. The highest BCUT2D eigenvalue weighted by atomic mass is 19.3. The Morgan fingerprint density at radius 1 is 1.07 bits per heavy atom. The van der Waals surface area contributed by atoms with Crippen molar-refractivity contribution in [2.45, 2.75) is 25.2 Å². The first kappa shape index (κ1) is 17.6. The van der Waals surface area contributed by atoms with Crippen LogP contribution in [0.2, 0.25) is 0 Å². The Morgan fingerprint density at radius 3 is 2.44 bits per heavy atom. The molecule has 2 aliphatic heterocycles. The van der Waals surface area contributed by atoms with E-state index in [0.29, 0.717) is 29.6 Å². The Kier molecular flexibility index (Phi) is 3.99. The third kappa shape index (κ3) is 2.69. The van der Waals surface area contributed by atoms with E-state index in [1.807, 2.05) is 0 Å². The van der Waals surface area contributed by atoms with Crippen LogP contribution in [-0.2, 0) is 16.6 Å². The topological polar surface area (TPSA) is 76.3 Å². The van der Waals surface area contributed by atoms with Gasteiger partial charge in [0.15, 0.2) is 0 Å². The van der Waals surface area contributed by atoms with Gasteiger partial charge in [0.1, 0.15) is 0 Å². The Morgan fingerprint density at radius 2 is 1.78 bits per heavy atom. The van der Waals surface area contributed by atoms with E-state index < -0.39 is 30.0 Å². The van der Waals surface area contributed by atoms with Crippen molar-refractivity contribution in [3.63, 3.8) is 0 Å². The van der Waals surface area contributed by atoms with Gasteiger partial charge in [-0.15, -0.1) is 0 Å². The number of imidazole rings is 1. The number of benzene rings is 1. The number of nitrogens with zero attached hydrogens (tertiary/aromatic N) is 3. The fraction of sp³-hybridized carbons (Fsp3) is 0.389. The third-order valence-corrected chi connectivity index (χ3v) is 4.99. The van der Waals surface area contributed by atoms with Crippen molar-refractivity contribution in [3.05, 3.63) is 40.3 Å². The quantitative estimate of drug-likeness (QED) is 0.798. The molecule has 0 atom stereocenters. The highest BCUT2D eigenvalue weighted by Crippen LogP contribution is 2.35. The second kappa shape index (κ2) is 6.12. The van der Waals surface area contributed by atoms with E-state index in [0.717, 1.165) is 9.69 Å². The number of rotatable bonds is 2. The summed E-state index contributed by atoms with van der Waals surface area (Å²) in [6.45, 7) is -0.118. The largest absolute Gasteiger partial charge is 0.348 e. The zero-order valence-electron chi connectivity index (χ0n) is 14.7. The molecule has 27 heavy (non-hydrogen) atoms. The summed E-state index contributed by atoms with van der Waals surface area (Å²) in [5, 5.41) is 3.49. The van der Waals surface area contributed by atoms with Crippen molar-refractivity contribution in [1.29, 1.82) is 0 Å². The zero-order chi connectivity index (χ0) is 19.3. The second-order valence-corrected chi connectivity index (χ2v) is 6.76. The molecule has 7 nitrogen and oxygen atoms in total. The molecule has 3 heterocycles. The number of carbonyl (C=O) groups excluding carboxylic acids is 2. The summed E-state index contributed by atoms with van der Waals surface area (Å²) in [5.41, 5.74) is 0.329. The lowest BCUT2D eigenvalue weighted by atomic mass is 9.96. The molecule has 2 aromatic rings. The minimum absolute atomic E-state index is 0.103. The summed E-state index contributed by atoms with van der Waals surface area (Å²) in [7, 11) is 1.48. The van der Waals surface area contributed by atoms with Gasteiger partial charge in [-0.3, -0.25) is 14.2 Å². The molecular weight excluding hydrogens is 358 g/mol. The van der Waals surface area contributed by atoms with E-state index in [-0.39, 0.29) is 18.4 Å². The standard InChI is InChI=1S/C18H18F2N4O3/c1-22-14-9-11(12-7-8-21-10-18(12,19)20)5-6-13(14)23(17(22)27)24-15(25)3-2-4-16(24)26/h5-7,9,21H,2-4,8,10H2,1H3. The van der Waals surface area contributed by atoms with E-state index in [9.17, 15) is 23.2 Å². The Bertz CT molecular complexity index is 1030. The van der Waals surface area contributed by atoms with Crippen LogP contribution >= 0.6 is 0 Å². The molecule has 9 heteroatoms. The Labute approximate surface area is 152 Å². The lowest BCUT2D eigenvalue weighted by Crippen LogP contribution is -2.52. The predicted octanol–water partition coefficient (Wildman–Crippen LogP) is 1.14. The molecule has 1 aromatic carbocycles. The summed E-state index contributed by atoms with van der Waals surface area (Å²) in [4.78, 5) is 37.2. The maximum Gasteiger partial charge on any atom is 0.348 e. The number of piperidine rings is 1. The monoisotopic (exact) mass is 376 g/mol. The van der Waals surface area contributed by atoms with Crippen LogP contribution < -0.4 is 16.0 Å². The molecule has 0 radical (unpaired) electrons.